The van der Waals surface area contributed by atoms with E-state index in [1.54, 1.807) is 18.3 Å². The average molecular weight is 571 g/mol. The number of nitrogens with zero attached hydrogens (tertiary/aromatic N) is 2. The third kappa shape index (κ3) is 5.16. The summed E-state index contributed by atoms with van der Waals surface area (Å²) in [5.41, 5.74) is 6.24. The standard InChI is InChI=1S/C31H30N4O5S/c1-18-27(21-7-9-22(10-8-21)31(37)38)30(36)34-26-16-32-29-24(28(18)26)15-25(33-29)20-5-3-19(4-6-20)17-35-13-11-23(12-14-35)41(2,39)40/h3-10,15-16,23H,11-14,17H2,1-2H3,(H,32,33)(H,34,36)(H,37,38). The van der Waals surface area contributed by atoms with Crippen LogP contribution in [-0.4, -0.2) is 63.9 Å². The van der Waals surface area contributed by atoms with Gasteiger partial charge in [0.25, 0.3) is 5.56 Å². The van der Waals surface area contributed by atoms with Gasteiger partial charge in [-0.05, 0) is 73.3 Å². The summed E-state index contributed by atoms with van der Waals surface area (Å²) in [6.07, 6.45) is 4.33. The number of sulfone groups is 1. The van der Waals surface area contributed by atoms with Gasteiger partial charge in [0.15, 0.2) is 0 Å². The number of piperidine rings is 1. The number of pyridine rings is 2. The van der Waals surface area contributed by atoms with Crippen LogP contribution in [-0.2, 0) is 16.4 Å². The second-order valence-corrected chi connectivity index (χ2v) is 13.2. The Bertz CT molecular complexity index is 1950. The number of carbonyl (C=O) groups is 1. The quantitative estimate of drug-likeness (QED) is 0.268. The number of aryl methyl sites for hydroxylation is 1. The zero-order valence-electron chi connectivity index (χ0n) is 22.8. The second kappa shape index (κ2) is 10.3. The number of aromatic carboxylic acids is 1. The molecule has 0 radical (unpaired) electrons. The van der Waals surface area contributed by atoms with Crippen LogP contribution in [0.2, 0.25) is 0 Å². The number of nitrogens with one attached hydrogen (secondary N) is 2. The predicted octanol–water partition coefficient (Wildman–Crippen LogP) is 4.75. The minimum atomic E-state index is -2.98. The molecule has 10 heteroatoms. The average Bonchev–Trinajstić information content (AvgIpc) is 3.38. The molecule has 4 heterocycles. The Morgan fingerprint density at radius 1 is 1.02 bits per heavy atom. The van der Waals surface area contributed by atoms with Crippen molar-refractivity contribution in [1.82, 2.24) is 19.9 Å². The molecule has 0 bridgehead atoms. The molecular weight excluding hydrogens is 540 g/mol. The van der Waals surface area contributed by atoms with E-state index in [1.165, 1.54) is 24.0 Å². The van der Waals surface area contributed by atoms with Gasteiger partial charge in [-0.2, -0.15) is 0 Å². The first kappa shape index (κ1) is 26.9. The number of hydrogen-bond donors (Lipinski definition) is 3. The summed E-state index contributed by atoms with van der Waals surface area (Å²) in [7, 11) is -2.98. The van der Waals surface area contributed by atoms with Crippen LogP contribution in [0.25, 0.3) is 44.3 Å². The van der Waals surface area contributed by atoms with Crippen molar-refractivity contribution in [2.75, 3.05) is 19.3 Å². The molecule has 0 amide bonds. The molecule has 6 rings (SSSR count). The number of carboxylic acids is 1. The highest BCUT2D eigenvalue weighted by molar-refractivity contribution is 7.91. The highest BCUT2D eigenvalue weighted by Gasteiger charge is 2.26. The number of benzene rings is 2. The van der Waals surface area contributed by atoms with Crippen LogP contribution in [0.1, 0.15) is 34.3 Å². The largest absolute Gasteiger partial charge is 0.478 e. The molecular formula is C31H30N4O5S. The first-order valence-corrected chi connectivity index (χ1v) is 15.4. The maximum absolute atomic E-state index is 13.0. The first-order valence-electron chi connectivity index (χ1n) is 13.5. The number of H-pyrrole nitrogens is 2. The third-order valence-electron chi connectivity index (χ3n) is 8.12. The van der Waals surface area contributed by atoms with E-state index in [0.717, 1.165) is 47.2 Å². The molecule has 1 aliphatic rings. The molecule has 0 unspecified atom stereocenters. The van der Waals surface area contributed by atoms with E-state index in [0.29, 0.717) is 35.1 Å². The maximum atomic E-state index is 13.0. The summed E-state index contributed by atoms with van der Waals surface area (Å²) < 4.78 is 23.7. The smallest absolute Gasteiger partial charge is 0.335 e. The lowest BCUT2D eigenvalue weighted by Gasteiger charge is -2.31. The minimum Gasteiger partial charge on any atom is -0.478 e. The fraction of sp³-hybridized carbons (Fsp3) is 0.258. The van der Waals surface area contributed by atoms with Crippen LogP contribution in [0, 0.1) is 6.92 Å². The second-order valence-electron chi connectivity index (χ2n) is 10.8. The zero-order chi connectivity index (χ0) is 28.9. The molecule has 0 spiro atoms. The van der Waals surface area contributed by atoms with Gasteiger partial charge in [-0.15, -0.1) is 0 Å². The number of aromatic nitrogens is 3. The first-order chi connectivity index (χ1) is 19.6. The summed E-state index contributed by atoms with van der Waals surface area (Å²) in [6.45, 7) is 4.22. The van der Waals surface area contributed by atoms with Crippen LogP contribution in [0.3, 0.4) is 0 Å². The van der Waals surface area contributed by atoms with Gasteiger partial charge in [0, 0.05) is 29.3 Å². The van der Waals surface area contributed by atoms with Gasteiger partial charge in [-0.25, -0.2) is 18.2 Å². The zero-order valence-corrected chi connectivity index (χ0v) is 23.6. The van der Waals surface area contributed by atoms with Crippen LogP contribution in [0.5, 0.6) is 0 Å². The molecule has 0 atom stereocenters. The molecule has 41 heavy (non-hydrogen) atoms. The van der Waals surface area contributed by atoms with Crippen LogP contribution in [0.4, 0.5) is 0 Å². The molecule has 5 aromatic rings. The molecule has 1 aliphatic heterocycles. The van der Waals surface area contributed by atoms with Crippen molar-refractivity contribution in [3.05, 3.63) is 87.8 Å². The Kier molecular flexibility index (Phi) is 6.75. The highest BCUT2D eigenvalue weighted by atomic mass is 32.2. The van der Waals surface area contributed by atoms with Crippen molar-refractivity contribution in [3.63, 3.8) is 0 Å². The number of likely N-dealkylation sites (tertiary alicyclic amines) is 1. The fourth-order valence-electron chi connectivity index (χ4n) is 5.88. The minimum absolute atomic E-state index is 0.160. The predicted molar refractivity (Wildman–Crippen MR) is 160 cm³/mol. The number of carboxylic acid groups (broad SMARTS) is 1. The van der Waals surface area contributed by atoms with Crippen molar-refractivity contribution >= 4 is 37.7 Å². The van der Waals surface area contributed by atoms with E-state index in [9.17, 15) is 23.1 Å². The Balaban J connectivity index is 1.29. The van der Waals surface area contributed by atoms with Crippen LogP contribution >= 0.6 is 0 Å². The van der Waals surface area contributed by atoms with E-state index in [2.05, 4.69) is 44.1 Å². The van der Waals surface area contributed by atoms with E-state index in [1.807, 2.05) is 13.0 Å². The monoisotopic (exact) mass is 570 g/mol. The summed E-state index contributed by atoms with van der Waals surface area (Å²) in [6, 6.07) is 16.7. The molecule has 0 saturated carbocycles. The van der Waals surface area contributed by atoms with Gasteiger partial charge in [-0.1, -0.05) is 36.4 Å². The van der Waals surface area contributed by atoms with Crippen molar-refractivity contribution in [2.24, 2.45) is 0 Å². The number of hydrogen-bond acceptors (Lipinski definition) is 6. The number of fused-ring (bicyclic) bond motifs is 3. The van der Waals surface area contributed by atoms with E-state index < -0.39 is 15.8 Å². The summed E-state index contributed by atoms with van der Waals surface area (Å²) in [5, 5.41) is 10.8. The molecule has 3 N–H and O–H groups in total. The van der Waals surface area contributed by atoms with Gasteiger partial charge in [0.2, 0.25) is 0 Å². The van der Waals surface area contributed by atoms with Crippen molar-refractivity contribution in [2.45, 2.75) is 31.6 Å². The van der Waals surface area contributed by atoms with E-state index in [4.69, 9.17) is 0 Å². The number of aromatic amines is 2. The molecule has 2 aromatic carbocycles. The maximum Gasteiger partial charge on any atom is 0.335 e. The molecule has 1 fully saturated rings. The lowest BCUT2D eigenvalue weighted by molar-refractivity contribution is 0.0697. The van der Waals surface area contributed by atoms with Gasteiger partial charge in [0.05, 0.1) is 28.1 Å². The van der Waals surface area contributed by atoms with E-state index >= 15 is 0 Å². The highest BCUT2D eigenvalue weighted by Crippen LogP contribution is 2.33. The Morgan fingerprint density at radius 3 is 2.32 bits per heavy atom. The summed E-state index contributed by atoms with van der Waals surface area (Å²) >= 11 is 0. The van der Waals surface area contributed by atoms with Gasteiger partial charge < -0.3 is 15.1 Å². The summed E-state index contributed by atoms with van der Waals surface area (Å²) in [5.74, 6) is -1.02. The van der Waals surface area contributed by atoms with Crippen LogP contribution in [0.15, 0.2) is 65.6 Å². The Labute approximate surface area is 236 Å². The topological polar surface area (TPSA) is 136 Å². The normalized spacial score (nSPS) is 15.1. The molecule has 210 valence electrons. The SMILES string of the molecule is Cc1c(-c2ccc(C(=O)O)cc2)c(=O)[nH]c2cnc3[nH]c(-c4ccc(CN5CCC(S(C)(=O)=O)CC5)cc4)cc3c12. The third-order valence-corrected chi connectivity index (χ3v) is 9.80. The Morgan fingerprint density at radius 2 is 1.68 bits per heavy atom. The molecule has 0 aliphatic carbocycles. The lowest BCUT2D eigenvalue weighted by atomic mass is 9.97. The van der Waals surface area contributed by atoms with Gasteiger partial charge in [-0.3, -0.25) is 9.69 Å². The van der Waals surface area contributed by atoms with Crippen LogP contribution < -0.4 is 5.56 Å². The van der Waals surface area contributed by atoms with Gasteiger partial charge >= 0.3 is 5.97 Å². The molecule has 9 nitrogen and oxygen atoms in total. The van der Waals surface area contributed by atoms with Crippen molar-refractivity contribution in [1.29, 1.82) is 0 Å². The van der Waals surface area contributed by atoms with E-state index in [-0.39, 0.29) is 16.4 Å². The van der Waals surface area contributed by atoms with Crippen molar-refractivity contribution in [3.8, 4) is 22.4 Å². The molecule has 1 saturated heterocycles. The number of rotatable bonds is 6. The molecule has 3 aromatic heterocycles. The lowest BCUT2D eigenvalue weighted by Crippen LogP contribution is -2.38. The Hall–Kier alpha value is -4.28. The summed E-state index contributed by atoms with van der Waals surface area (Å²) in [4.78, 5) is 37.5. The van der Waals surface area contributed by atoms with Crippen molar-refractivity contribution < 1.29 is 18.3 Å². The van der Waals surface area contributed by atoms with Gasteiger partial charge in [0.1, 0.15) is 15.5 Å². The fourth-order valence-corrected chi connectivity index (χ4v) is 6.95.